The summed E-state index contributed by atoms with van der Waals surface area (Å²) in [5.41, 5.74) is 1.91. The molecule has 5 heteroatoms. The van der Waals surface area contributed by atoms with E-state index in [9.17, 15) is 9.59 Å². The maximum Gasteiger partial charge on any atom is 0.246 e. The van der Waals surface area contributed by atoms with Gasteiger partial charge in [0.2, 0.25) is 5.91 Å². The van der Waals surface area contributed by atoms with Gasteiger partial charge in [-0.2, -0.15) is 0 Å². The predicted octanol–water partition coefficient (Wildman–Crippen LogP) is 2.72. The fraction of sp³-hybridized carbons (Fsp3) is 0.429. The summed E-state index contributed by atoms with van der Waals surface area (Å²) in [4.78, 5) is 25.4. The topological polar surface area (TPSA) is 49.4 Å². The first-order valence-corrected chi connectivity index (χ1v) is 7.31. The van der Waals surface area contributed by atoms with Crippen LogP contribution in [0.3, 0.4) is 0 Å². The molecule has 4 nitrogen and oxygen atoms in total. The Bertz CT molecular complexity index is 534. The largest absolute Gasteiger partial charge is 0.374 e. The Morgan fingerprint density at radius 1 is 1.21 bits per heavy atom. The molecule has 0 atom stereocenters. The second kappa shape index (κ2) is 4.96. The fourth-order valence-corrected chi connectivity index (χ4v) is 3.19. The van der Waals surface area contributed by atoms with Crippen molar-refractivity contribution in [3.8, 4) is 0 Å². The van der Waals surface area contributed by atoms with Crippen LogP contribution in [0.2, 0.25) is 0 Å². The van der Waals surface area contributed by atoms with Crippen molar-refractivity contribution in [1.82, 2.24) is 0 Å². The summed E-state index contributed by atoms with van der Waals surface area (Å²) in [6.07, 6.45) is 2.74. The van der Waals surface area contributed by atoms with E-state index in [1.165, 1.54) is 0 Å². The molecule has 0 radical (unpaired) electrons. The Morgan fingerprint density at radius 2 is 1.95 bits per heavy atom. The molecule has 100 valence electrons. The van der Waals surface area contributed by atoms with Crippen LogP contribution in [0.5, 0.6) is 0 Å². The molecule has 1 saturated carbocycles. The summed E-state index contributed by atoms with van der Waals surface area (Å²) < 4.78 is 0.992. The predicted molar refractivity (Wildman–Crippen MR) is 77.4 cm³/mol. The van der Waals surface area contributed by atoms with E-state index in [0.29, 0.717) is 25.2 Å². The van der Waals surface area contributed by atoms with Gasteiger partial charge in [-0.05, 0) is 31.0 Å². The maximum absolute atomic E-state index is 12.2. The van der Waals surface area contributed by atoms with E-state index in [0.717, 1.165) is 28.7 Å². The number of benzene rings is 1. The van der Waals surface area contributed by atoms with Gasteiger partial charge in [-0.25, -0.2) is 0 Å². The van der Waals surface area contributed by atoms with Crippen LogP contribution in [-0.2, 0) is 9.59 Å². The highest BCUT2D eigenvalue weighted by atomic mass is 79.9. The van der Waals surface area contributed by atoms with Crippen LogP contribution in [0.4, 0.5) is 11.4 Å². The van der Waals surface area contributed by atoms with Crippen molar-refractivity contribution in [1.29, 1.82) is 0 Å². The Hall–Kier alpha value is -1.36. The van der Waals surface area contributed by atoms with E-state index in [1.807, 2.05) is 23.1 Å². The summed E-state index contributed by atoms with van der Waals surface area (Å²) in [7, 11) is 0. The molecule has 0 aromatic heterocycles. The molecule has 3 rings (SSSR count). The molecule has 1 aromatic rings. The van der Waals surface area contributed by atoms with Crippen molar-refractivity contribution in [3.63, 3.8) is 0 Å². The van der Waals surface area contributed by atoms with Crippen molar-refractivity contribution < 1.29 is 9.59 Å². The minimum atomic E-state index is 0.0918. The number of hydrogen-bond donors (Lipinski definition) is 1. The molecule has 1 amide bonds. The van der Waals surface area contributed by atoms with E-state index < -0.39 is 0 Å². The van der Waals surface area contributed by atoms with Gasteiger partial charge in [-0.15, -0.1) is 0 Å². The molecule has 1 aromatic carbocycles. The van der Waals surface area contributed by atoms with Gasteiger partial charge in [-0.1, -0.05) is 15.9 Å². The van der Waals surface area contributed by atoms with Gasteiger partial charge < -0.3 is 10.2 Å². The SMILES string of the molecule is O=C1CCC(N2C(=O)CNc3cc(Br)ccc32)CC1. The zero-order chi connectivity index (χ0) is 13.4. The van der Waals surface area contributed by atoms with Crippen LogP contribution in [-0.4, -0.2) is 24.3 Å². The summed E-state index contributed by atoms with van der Waals surface area (Å²) in [5.74, 6) is 0.407. The Kier molecular flexibility index (Phi) is 3.31. The maximum atomic E-state index is 12.2. The van der Waals surface area contributed by atoms with E-state index in [2.05, 4.69) is 21.2 Å². The molecule has 1 heterocycles. The molecule has 1 N–H and O–H groups in total. The number of rotatable bonds is 1. The van der Waals surface area contributed by atoms with Gasteiger partial charge >= 0.3 is 0 Å². The first-order chi connectivity index (χ1) is 9.15. The number of amides is 1. The first kappa shape index (κ1) is 12.7. The Morgan fingerprint density at radius 3 is 2.68 bits per heavy atom. The Balaban J connectivity index is 1.92. The molecule has 0 bridgehead atoms. The zero-order valence-electron chi connectivity index (χ0n) is 10.5. The molecule has 1 aliphatic heterocycles. The summed E-state index contributed by atoms with van der Waals surface area (Å²) in [6.45, 7) is 0.327. The zero-order valence-corrected chi connectivity index (χ0v) is 12.1. The number of carbonyl (C=O) groups is 2. The van der Waals surface area contributed by atoms with Gasteiger partial charge in [0.15, 0.2) is 0 Å². The molecule has 1 aliphatic carbocycles. The van der Waals surface area contributed by atoms with Crippen LogP contribution in [0.15, 0.2) is 22.7 Å². The lowest BCUT2D eigenvalue weighted by Crippen LogP contribution is -2.47. The van der Waals surface area contributed by atoms with Gasteiger partial charge in [0.05, 0.1) is 17.9 Å². The van der Waals surface area contributed by atoms with Gasteiger partial charge in [0.25, 0.3) is 0 Å². The summed E-state index contributed by atoms with van der Waals surface area (Å²) in [6, 6.07) is 6.05. The second-order valence-corrected chi connectivity index (χ2v) is 5.96. The van der Waals surface area contributed by atoms with Gasteiger partial charge in [0.1, 0.15) is 5.78 Å². The van der Waals surface area contributed by atoms with E-state index in [4.69, 9.17) is 0 Å². The molecule has 2 aliphatic rings. The standard InChI is InChI=1S/C14H15BrN2O2/c15-9-1-6-13-12(7-9)16-8-14(19)17(13)10-2-4-11(18)5-3-10/h1,6-7,10,16H,2-5,8H2. The number of fused-ring (bicyclic) bond motifs is 1. The summed E-state index contributed by atoms with van der Waals surface area (Å²) in [5, 5.41) is 3.14. The third-order valence-electron chi connectivity index (χ3n) is 3.79. The average molecular weight is 323 g/mol. The number of carbonyl (C=O) groups excluding carboxylic acids is 2. The fourth-order valence-electron chi connectivity index (χ4n) is 2.83. The third kappa shape index (κ3) is 2.39. The monoisotopic (exact) mass is 322 g/mol. The van der Waals surface area contributed by atoms with Crippen LogP contribution in [0, 0.1) is 0 Å². The highest BCUT2D eigenvalue weighted by Crippen LogP contribution is 2.36. The molecular weight excluding hydrogens is 308 g/mol. The average Bonchev–Trinajstić information content (AvgIpc) is 2.40. The van der Waals surface area contributed by atoms with Crippen LogP contribution in [0.25, 0.3) is 0 Å². The van der Waals surface area contributed by atoms with Crippen molar-refractivity contribution in [2.24, 2.45) is 0 Å². The molecule has 19 heavy (non-hydrogen) atoms. The highest BCUT2D eigenvalue weighted by molar-refractivity contribution is 9.10. The molecule has 0 spiro atoms. The number of ketones is 1. The number of hydrogen-bond acceptors (Lipinski definition) is 3. The number of nitrogens with zero attached hydrogens (tertiary/aromatic N) is 1. The number of nitrogens with one attached hydrogen (secondary N) is 1. The number of Topliss-reactive ketones (excluding diaryl/α,β-unsaturated/α-hetero) is 1. The van der Waals surface area contributed by atoms with Crippen molar-refractivity contribution in [3.05, 3.63) is 22.7 Å². The third-order valence-corrected chi connectivity index (χ3v) is 4.29. The van der Waals surface area contributed by atoms with Crippen LogP contribution >= 0.6 is 15.9 Å². The molecule has 0 unspecified atom stereocenters. The van der Waals surface area contributed by atoms with Crippen molar-refractivity contribution in [2.75, 3.05) is 16.8 Å². The van der Waals surface area contributed by atoms with Crippen molar-refractivity contribution in [2.45, 2.75) is 31.7 Å². The van der Waals surface area contributed by atoms with E-state index in [-0.39, 0.29) is 11.9 Å². The molecular formula is C14H15BrN2O2. The first-order valence-electron chi connectivity index (χ1n) is 6.52. The lowest BCUT2D eigenvalue weighted by atomic mass is 9.92. The molecule has 1 fully saturated rings. The lowest BCUT2D eigenvalue weighted by molar-refractivity contribution is -0.122. The second-order valence-electron chi connectivity index (χ2n) is 5.05. The number of anilines is 2. The molecule has 0 saturated heterocycles. The quantitative estimate of drug-likeness (QED) is 0.864. The van der Waals surface area contributed by atoms with Crippen molar-refractivity contribution >= 4 is 39.0 Å². The van der Waals surface area contributed by atoms with E-state index >= 15 is 0 Å². The van der Waals surface area contributed by atoms with E-state index in [1.54, 1.807) is 0 Å². The highest BCUT2D eigenvalue weighted by Gasteiger charge is 2.32. The van der Waals surface area contributed by atoms with Crippen LogP contribution < -0.4 is 10.2 Å². The number of halogens is 1. The van der Waals surface area contributed by atoms with Gasteiger partial charge in [-0.3, -0.25) is 9.59 Å². The lowest BCUT2D eigenvalue weighted by Gasteiger charge is -2.38. The smallest absolute Gasteiger partial charge is 0.246 e. The van der Waals surface area contributed by atoms with Crippen LogP contribution in [0.1, 0.15) is 25.7 Å². The minimum absolute atomic E-state index is 0.0918. The Labute approximate surface area is 120 Å². The minimum Gasteiger partial charge on any atom is -0.374 e. The van der Waals surface area contributed by atoms with Gasteiger partial charge in [0, 0.05) is 23.4 Å². The summed E-state index contributed by atoms with van der Waals surface area (Å²) >= 11 is 3.44. The normalized spacial score (nSPS) is 20.2.